The van der Waals surface area contributed by atoms with E-state index in [-0.39, 0.29) is 18.4 Å². The van der Waals surface area contributed by atoms with E-state index in [0.717, 1.165) is 23.8 Å². The molecule has 0 fully saturated rings. The van der Waals surface area contributed by atoms with Crippen molar-refractivity contribution < 1.29 is 9.53 Å². The van der Waals surface area contributed by atoms with Gasteiger partial charge in [-0.15, -0.1) is 10.2 Å². The van der Waals surface area contributed by atoms with Gasteiger partial charge in [0.25, 0.3) is 0 Å². The number of nitrogens with zero attached hydrogens (tertiary/aromatic N) is 3. The lowest BCUT2D eigenvalue weighted by Gasteiger charge is -2.19. The summed E-state index contributed by atoms with van der Waals surface area (Å²) in [6, 6.07) is 16.9. The van der Waals surface area contributed by atoms with E-state index in [1.54, 1.807) is 6.07 Å². The number of carbonyl (C=O) groups is 1. The molecule has 1 aromatic heterocycles. The van der Waals surface area contributed by atoms with Gasteiger partial charge in [-0.25, -0.2) is 0 Å². The second-order valence-electron chi connectivity index (χ2n) is 6.54. The van der Waals surface area contributed by atoms with E-state index >= 15 is 0 Å². The van der Waals surface area contributed by atoms with Crippen molar-refractivity contribution in [1.29, 1.82) is 0 Å². The molecular formula is C22H24ClN3O2S. The van der Waals surface area contributed by atoms with Crippen LogP contribution in [-0.4, -0.2) is 26.3 Å². The van der Waals surface area contributed by atoms with Crippen molar-refractivity contribution in [3.05, 3.63) is 71.0 Å². The molecule has 0 radical (unpaired) electrons. The van der Waals surface area contributed by atoms with Crippen LogP contribution in [0.25, 0.3) is 0 Å². The molecule has 0 atom stereocenters. The van der Waals surface area contributed by atoms with Gasteiger partial charge in [0.1, 0.15) is 12.4 Å². The molecule has 152 valence electrons. The van der Waals surface area contributed by atoms with Crippen LogP contribution in [0.15, 0.2) is 59.8 Å². The van der Waals surface area contributed by atoms with Gasteiger partial charge in [0, 0.05) is 11.6 Å². The number of carbonyl (C=O) groups excluding carboxylic acids is 1. The normalized spacial score (nSPS) is 11.0. The van der Waals surface area contributed by atoms with Gasteiger partial charge in [-0.3, -0.25) is 4.79 Å². The highest BCUT2D eigenvalue weighted by Gasteiger charge is 2.20. The first-order chi connectivity index (χ1) is 14.1. The van der Waals surface area contributed by atoms with Crippen LogP contribution in [0.1, 0.15) is 48.9 Å². The zero-order chi connectivity index (χ0) is 20.6. The number of halogens is 1. The number of ether oxygens (including phenoxy) is 1. The van der Waals surface area contributed by atoms with Crippen molar-refractivity contribution in [1.82, 2.24) is 14.8 Å². The Kier molecular flexibility index (Phi) is 7.72. The van der Waals surface area contributed by atoms with Crippen LogP contribution in [0.4, 0.5) is 0 Å². The topological polar surface area (TPSA) is 57.0 Å². The van der Waals surface area contributed by atoms with E-state index in [4.69, 9.17) is 16.3 Å². The van der Waals surface area contributed by atoms with Crippen molar-refractivity contribution in [2.75, 3.05) is 5.75 Å². The maximum atomic E-state index is 12.5. The third-order valence-corrected chi connectivity index (χ3v) is 5.92. The molecule has 3 aromatic rings. The largest absolute Gasteiger partial charge is 0.484 e. The van der Waals surface area contributed by atoms with Crippen molar-refractivity contribution in [2.24, 2.45) is 0 Å². The first-order valence-corrected chi connectivity index (χ1v) is 11.0. The van der Waals surface area contributed by atoms with E-state index in [1.807, 2.05) is 48.5 Å². The molecule has 0 N–H and O–H groups in total. The van der Waals surface area contributed by atoms with Crippen LogP contribution in [0, 0.1) is 0 Å². The van der Waals surface area contributed by atoms with E-state index in [2.05, 4.69) is 28.6 Å². The van der Waals surface area contributed by atoms with Crippen LogP contribution in [-0.2, 0) is 6.61 Å². The zero-order valence-corrected chi connectivity index (χ0v) is 18.1. The zero-order valence-electron chi connectivity index (χ0n) is 16.5. The Labute approximate surface area is 180 Å². The first-order valence-electron chi connectivity index (χ1n) is 9.66. The number of benzene rings is 2. The molecule has 0 aliphatic rings. The summed E-state index contributed by atoms with van der Waals surface area (Å²) in [4.78, 5) is 12.5. The summed E-state index contributed by atoms with van der Waals surface area (Å²) in [5, 5.41) is 9.98. The fourth-order valence-corrected chi connectivity index (χ4v) is 4.18. The van der Waals surface area contributed by atoms with Gasteiger partial charge in [-0.1, -0.05) is 79.7 Å². The summed E-state index contributed by atoms with van der Waals surface area (Å²) in [5.74, 6) is 1.73. The summed E-state index contributed by atoms with van der Waals surface area (Å²) in [5.41, 5.74) is 0.705. The molecule has 0 saturated carbocycles. The smallest absolute Gasteiger partial charge is 0.192 e. The fraction of sp³-hybridized carbons (Fsp3) is 0.318. The van der Waals surface area contributed by atoms with Gasteiger partial charge in [0.15, 0.2) is 16.8 Å². The van der Waals surface area contributed by atoms with E-state index in [0.29, 0.717) is 22.1 Å². The lowest BCUT2D eigenvalue weighted by Crippen LogP contribution is -2.15. The molecule has 29 heavy (non-hydrogen) atoms. The number of thioether (sulfide) groups is 1. The summed E-state index contributed by atoms with van der Waals surface area (Å²) in [7, 11) is 0. The van der Waals surface area contributed by atoms with Crippen LogP contribution in [0.5, 0.6) is 5.75 Å². The molecule has 0 spiro atoms. The molecule has 3 rings (SSSR count). The minimum absolute atomic E-state index is 0.0727. The average Bonchev–Trinajstić information content (AvgIpc) is 3.16. The monoisotopic (exact) mass is 429 g/mol. The minimum atomic E-state index is 0.0727. The lowest BCUT2D eigenvalue weighted by molar-refractivity contribution is 0.102. The fourth-order valence-electron chi connectivity index (χ4n) is 3.07. The van der Waals surface area contributed by atoms with Gasteiger partial charge < -0.3 is 9.30 Å². The second-order valence-corrected chi connectivity index (χ2v) is 7.89. The summed E-state index contributed by atoms with van der Waals surface area (Å²) in [6.45, 7) is 4.54. The number of ketones is 1. The van der Waals surface area contributed by atoms with Crippen molar-refractivity contribution in [3.8, 4) is 5.75 Å². The lowest BCUT2D eigenvalue weighted by atomic mass is 10.2. The van der Waals surface area contributed by atoms with Gasteiger partial charge >= 0.3 is 0 Å². The third kappa shape index (κ3) is 5.40. The molecular weight excluding hydrogens is 406 g/mol. The maximum absolute atomic E-state index is 12.5. The van der Waals surface area contributed by atoms with Gasteiger partial charge in [-0.2, -0.15) is 0 Å². The number of Topliss-reactive ketones (excluding diaryl/α,β-unsaturated/α-hetero) is 1. The number of hydrogen-bond acceptors (Lipinski definition) is 5. The second kappa shape index (κ2) is 10.5. The Morgan fingerprint density at radius 1 is 1.07 bits per heavy atom. The molecule has 0 amide bonds. The van der Waals surface area contributed by atoms with Crippen LogP contribution < -0.4 is 4.74 Å². The van der Waals surface area contributed by atoms with Gasteiger partial charge in [0.05, 0.1) is 10.8 Å². The number of aromatic nitrogens is 3. The highest BCUT2D eigenvalue weighted by atomic mass is 35.5. The van der Waals surface area contributed by atoms with Gasteiger partial charge in [0.2, 0.25) is 0 Å². The van der Waals surface area contributed by atoms with Crippen LogP contribution >= 0.6 is 23.4 Å². The van der Waals surface area contributed by atoms with Crippen molar-refractivity contribution >= 4 is 29.1 Å². The Bertz CT molecular complexity index is 942. The number of hydrogen-bond donors (Lipinski definition) is 0. The standard InChI is InChI=1S/C22H24ClN3O2S/c1-3-17(4-2)26-21(14-28-20-13-9-8-12-18(20)23)24-25-22(26)29-15-19(27)16-10-6-5-7-11-16/h5-13,17H,3-4,14-15H2,1-2H3. The van der Waals surface area contributed by atoms with E-state index in [9.17, 15) is 4.79 Å². The molecule has 0 saturated heterocycles. The van der Waals surface area contributed by atoms with Crippen LogP contribution in [0.3, 0.4) is 0 Å². The Morgan fingerprint density at radius 2 is 1.76 bits per heavy atom. The summed E-state index contributed by atoms with van der Waals surface area (Å²) in [6.07, 6.45) is 1.88. The molecule has 0 unspecified atom stereocenters. The molecule has 0 bridgehead atoms. The maximum Gasteiger partial charge on any atom is 0.192 e. The summed E-state index contributed by atoms with van der Waals surface area (Å²) < 4.78 is 7.98. The number of para-hydroxylation sites is 1. The van der Waals surface area contributed by atoms with E-state index in [1.165, 1.54) is 11.8 Å². The van der Waals surface area contributed by atoms with Gasteiger partial charge in [-0.05, 0) is 25.0 Å². The predicted octanol–water partition coefficient (Wildman–Crippen LogP) is 5.85. The molecule has 0 aliphatic heterocycles. The Balaban J connectivity index is 1.76. The highest BCUT2D eigenvalue weighted by Crippen LogP contribution is 2.28. The summed E-state index contributed by atoms with van der Waals surface area (Å²) >= 11 is 7.60. The van der Waals surface area contributed by atoms with Crippen molar-refractivity contribution in [2.45, 2.75) is 44.5 Å². The SMILES string of the molecule is CCC(CC)n1c(COc2ccccc2Cl)nnc1SCC(=O)c1ccccc1. The molecule has 5 nitrogen and oxygen atoms in total. The first kappa shape index (κ1) is 21.4. The molecule has 1 heterocycles. The molecule has 7 heteroatoms. The molecule has 0 aliphatic carbocycles. The third-order valence-electron chi connectivity index (χ3n) is 4.66. The number of rotatable bonds is 10. The van der Waals surface area contributed by atoms with Crippen LogP contribution in [0.2, 0.25) is 5.02 Å². The highest BCUT2D eigenvalue weighted by molar-refractivity contribution is 7.99. The minimum Gasteiger partial charge on any atom is -0.484 e. The average molecular weight is 430 g/mol. The van der Waals surface area contributed by atoms with E-state index < -0.39 is 0 Å². The van der Waals surface area contributed by atoms with Crippen molar-refractivity contribution in [3.63, 3.8) is 0 Å². The molecule has 2 aromatic carbocycles. The quantitative estimate of drug-likeness (QED) is 0.299. The Morgan fingerprint density at radius 3 is 2.45 bits per heavy atom. The Hall–Kier alpha value is -2.31. The predicted molar refractivity (Wildman–Crippen MR) is 117 cm³/mol.